The molecule has 2 aromatic rings. The fraction of sp³-hybridized carbons (Fsp3) is 0.316. The molecule has 0 aromatic heterocycles. The second-order valence-corrected chi connectivity index (χ2v) is 5.42. The van der Waals surface area contributed by atoms with Gasteiger partial charge < -0.3 is 15.4 Å². The van der Waals surface area contributed by atoms with E-state index in [1.54, 1.807) is 0 Å². The normalized spacial score (nSPS) is 10.2. The first-order valence-corrected chi connectivity index (χ1v) is 7.97. The van der Waals surface area contributed by atoms with Crippen molar-refractivity contribution >= 4 is 6.03 Å². The number of rotatable bonds is 7. The molecule has 0 aliphatic heterocycles. The first-order valence-electron chi connectivity index (χ1n) is 7.97. The Bertz CT molecular complexity index is 641. The molecule has 23 heavy (non-hydrogen) atoms. The van der Waals surface area contributed by atoms with Gasteiger partial charge in [0, 0.05) is 6.54 Å². The van der Waals surface area contributed by atoms with Gasteiger partial charge in [-0.2, -0.15) is 0 Å². The Labute approximate surface area is 137 Å². The van der Waals surface area contributed by atoms with E-state index < -0.39 is 0 Å². The van der Waals surface area contributed by atoms with Crippen molar-refractivity contribution in [2.75, 3.05) is 13.3 Å². The summed E-state index contributed by atoms with van der Waals surface area (Å²) < 4.78 is 5.61. The first-order chi connectivity index (χ1) is 11.2. The molecule has 0 heterocycles. The van der Waals surface area contributed by atoms with Crippen molar-refractivity contribution in [2.24, 2.45) is 0 Å². The van der Waals surface area contributed by atoms with Gasteiger partial charge in [-0.05, 0) is 37.0 Å². The summed E-state index contributed by atoms with van der Waals surface area (Å²) in [6, 6.07) is 15.9. The van der Waals surface area contributed by atoms with Crippen LogP contribution in [0.4, 0.5) is 4.79 Å². The number of benzene rings is 2. The highest BCUT2D eigenvalue weighted by molar-refractivity contribution is 5.73. The minimum atomic E-state index is -0.216. The van der Waals surface area contributed by atoms with Crippen LogP contribution in [0.25, 0.3) is 0 Å². The second-order valence-electron chi connectivity index (χ2n) is 5.42. The number of hydrogen-bond acceptors (Lipinski definition) is 2. The zero-order valence-corrected chi connectivity index (χ0v) is 13.8. The molecule has 0 fully saturated rings. The van der Waals surface area contributed by atoms with E-state index in [1.165, 1.54) is 11.1 Å². The standard InChI is InChI=1S/C19H24N2O2/c1-3-17-9-4-5-10-18(17)23-14-21-19(22)20-12-11-16-8-6-7-15(2)13-16/h4-10,13H,3,11-12,14H2,1-2H3,(H2,20,21,22). The lowest BCUT2D eigenvalue weighted by Gasteiger charge is -2.12. The molecule has 4 heteroatoms. The van der Waals surface area contributed by atoms with E-state index in [0.29, 0.717) is 6.54 Å². The fourth-order valence-corrected chi connectivity index (χ4v) is 2.37. The van der Waals surface area contributed by atoms with Gasteiger partial charge in [0.1, 0.15) is 5.75 Å². The van der Waals surface area contributed by atoms with Gasteiger partial charge in [0.2, 0.25) is 0 Å². The van der Waals surface area contributed by atoms with Crippen LogP contribution in [0.3, 0.4) is 0 Å². The van der Waals surface area contributed by atoms with Crippen LogP contribution in [-0.4, -0.2) is 19.3 Å². The fourth-order valence-electron chi connectivity index (χ4n) is 2.37. The maximum atomic E-state index is 11.7. The largest absolute Gasteiger partial charge is 0.473 e. The average molecular weight is 312 g/mol. The zero-order valence-electron chi connectivity index (χ0n) is 13.8. The number of hydrogen-bond donors (Lipinski definition) is 2. The van der Waals surface area contributed by atoms with Crippen molar-refractivity contribution in [2.45, 2.75) is 26.7 Å². The molecule has 0 aliphatic carbocycles. The molecule has 0 radical (unpaired) electrons. The van der Waals surface area contributed by atoms with Crippen molar-refractivity contribution in [1.29, 1.82) is 0 Å². The molecule has 0 atom stereocenters. The SMILES string of the molecule is CCc1ccccc1OCNC(=O)NCCc1cccc(C)c1. The molecule has 4 nitrogen and oxygen atoms in total. The maximum Gasteiger partial charge on any atom is 0.317 e. The van der Waals surface area contributed by atoms with E-state index in [0.717, 1.165) is 24.2 Å². The first kappa shape index (κ1) is 16.9. The monoisotopic (exact) mass is 312 g/mol. The lowest BCUT2D eigenvalue weighted by Crippen LogP contribution is -2.38. The summed E-state index contributed by atoms with van der Waals surface area (Å²) in [6.07, 6.45) is 1.72. The predicted octanol–water partition coefficient (Wildman–Crippen LogP) is 3.44. The summed E-state index contributed by atoms with van der Waals surface area (Å²) in [5.41, 5.74) is 3.59. The third-order valence-corrected chi connectivity index (χ3v) is 3.60. The lowest BCUT2D eigenvalue weighted by molar-refractivity contribution is 0.223. The lowest BCUT2D eigenvalue weighted by atomic mass is 10.1. The van der Waals surface area contributed by atoms with Crippen molar-refractivity contribution in [3.63, 3.8) is 0 Å². The molecule has 2 N–H and O–H groups in total. The van der Waals surface area contributed by atoms with Crippen LogP contribution < -0.4 is 15.4 Å². The van der Waals surface area contributed by atoms with Crippen molar-refractivity contribution < 1.29 is 9.53 Å². The smallest absolute Gasteiger partial charge is 0.317 e. The molecule has 2 aromatic carbocycles. The molecule has 2 rings (SSSR count). The van der Waals surface area contributed by atoms with Gasteiger partial charge in [-0.25, -0.2) is 4.79 Å². The zero-order chi connectivity index (χ0) is 16.5. The number of aryl methyl sites for hydroxylation is 2. The van der Waals surface area contributed by atoms with Crippen LogP contribution in [0.1, 0.15) is 23.6 Å². The molecule has 0 saturated carbocycles. The maximum absolute atomic E-state index is 11.7. The van der Waals surface area contributed by atoms with Crippen molar-refractivity contribution in [3.05, 3.63) is 65.2 Å². The van der Waals surface area contributed by atoms with Gasteiger partial charge in [-0.3, -0.25) is 0 Å². The summed E-state index contributed by atoms with van der Waals surface area (Å²) in [7, 11) is 0. The molecule has 0 bridgehead atoms. The van der Waals surface area contributed by atoms with Gasteiger partial charge in [0.15, 0.2) is 6.73 Å². The summed E-state index contributed by atoms with van der Waals surface area (Å²) in [5, 5.41) is 5.54. The van der Waals surface area contributed by atoms with Crippen LogP contribution in [0.2, 0.25) is 0 Å². The predicted molar refractivity (Wildman–Crippen MR) is 92.7 cm³/mol. The van der Waals surface area contributed by atoms with Gasteiger partial charge >= 0.3 is 6.03 Å². The highest BCUT2D eigenvalue weighted by Crippen LogP contribution is 2.17. The minimum Gasteiger partial charge on any atom is -0.473 e. The topological polar surface area (TPSA) is 50.4 Å². The second kappa shape index (κ2) is 8.83. The Morgan fingerprint density at radius 2 is 1.91 bits per heavy atom. The molecule has 122 valence electrons. The Balaban J connectivity index is 1.67. The Hall–Kier alpha value is -2.49. The number of para-hydroxylation sites is 1. The number of amides is 2. The molecule has 0 aliphatic rings. The number of ether oxygens (including phenoxy) is 1. The quantitative estimate of drug-likeness (QED) is 0.770. The van der Waals surface area contributed by atoms with E-state index in [4.69, 9.17) is 4.74 Å². The Morgan fingerprint density at radius 3 is 2.70 bits per heavy atom. The van der Waals surface area contributed by atoms with E-state index in [1.807, 2.05) is 30.3 Å². The third-order valence-electron chi connectivity index (χ3n) is 3.60. The van der Waals surface area contributed by atoms with E-state index in [9.17, 15) is 4.79 Å². The molecular formula is C19H24N2O2. The van der Waals surface area contributed by atoms with Gasteiger partial charge in [0.25, 0.3) is 0 Å². The number of carbonyl (C=O) groups excluding carboxylic acids is 1. The summed E-state index contributed by atoms with van der Waals surface area (Å²) in [4.78, 5) is 11.7. The number of urea groups is 1. The molecular weight excluding hydrogens is 288 g/mol. The van der Waals surface area contributed by atoms with E-state index >= 15 is 0 Å². The number of carbonyl (C=O) groups is 1. The van der Waals surface area contributed by atoms with Crippen molar-refractivity contribution in [1.82, 2.24) is 10.6 Å². The number of nitrogens with one attached hydrogen (secondary N) is 2. The Morgan fingerprint density at radius 1 is 1.09 bits per heavy atom. The van der Waals surface area contributed by atoms with Crippen LogP contribution >= 0.6 is 0 Å². The average Bonchev–Trinajstić information content (AvgIpc) is 2.55. The molecule has 0 unspecified atom stereocenters. The summed E-state index contributed by atoms with van der Waals surface area (Å²) in [6.45, 7) is 4.90. The van der Waals surface area contributed by atoms with Crippen LogP contribution in [-0.2, 0) is 12.8 Å². The summed E-state index contributed by atoms with van der Waals surface area (Å²) >= 11 is 0. The van der Waals surface area contributed by atoms with Crippen LogP contribution in [0, 0.1) is 6.92 Å². The molecule has 2 amide bonds. The van der Waals surface area contributed by atoms with E-state index in [-0.39, 0.29) is 12.8 Å². The minimum absolute atomic E-state index is 0.160. The molecule has 0 spiro atoms. The van der Waals surface area contributed by atoms with Crippen LogP contribution in [0.15, 0.2) is 48.5 Å². The summed E-state index contributed by atoms with van der Waals surface area (Å²) in [5.74, 6) is 0.815. The van der Waals surface area contributed by atoms with Gasteiger partial charge in [-0.1, -0.05) is 55.0 Å². The highest BCUT2D eigenvalue weighted by Gasteiger charge is 2.03. The van der Waals surface area contributed by atoms with Gasteiger partial charge in [0.05, 0.1) is 0 Å². The highest BCUT2D eigenvalue weighted by atomic mass is 16.5. The van der Waals surface area contributed by atoms with Crippen molar-refractivity contribution in [3.8, 4) is 5.75 Å². The van der Waals surface area contributed by atoms with Gasteiger partial charge in [-0.15, -0.1) is 0 Å². The Kier molecular flexibility index (Phi) is 6.48. The molecule has 0 saturated heterocycles. The van der Waals surface area contributed by atoms with E-state index in [2.05, 4.69) is 42.7 Å². The van der Waals surface area contributed by atoms with Crippen LogP contribution in [0.5, 0.6) is 5.75 Å². The third kappa shape index (κ3) is 5.66.